The number of carbonyl (C=O) groups is 1. The van der Waals surface area contributed by atoms with E-state index in [0.29, 0.717) is 23.5 Å². The van der Waals surface area contributed by atoms with Gasteiger partial charge >= 0.3 is 0 Å². The Kier molecular flexibility index (Phi) is 5.81. The Morgan fingerprint density at radius 2 is 2.00 bits per heavy atom. The molecule has 3 N–H and O–H groups in total. The van der Waals surface area contributed by atoms with Gasteiger partial charge in [0, 0.05) is 23.8 Å². The van der Waals surface area contributed by atoms with Crippen LogP contribution < -0.4 is 15.6 Å². The van der Waals surface area contributed by atoms with Gasteiger partial charge in [-0.15, -0.1) is 0 Å². The molecule has 1 aromatic heterocycles. The first kappa shape index (κ1) is 20.4. The number of nitrogens with one attached hydrogen (secondary N) is 2. The minimum Gasteiger partial charge on any atom is -0.389 e. The third kappa shape index (κ3) is 4.39. The predicted octanol–water partition coefficient (Wildman–Crippen LogP) is 3.43. The van der Waals surface area contributed by atoms with Gasteiger partial charge < -0.3 is 15.1 Å². The van der Waals surface area contributed by atoms with Gasteiger partial charge in [0.05, 0.1) is 11.4 Å². The summed E-state index contributed by atoms with van der Waals surface area (Å²) in [5, 5.41) is 12.0. The molecule has 1 saturated carbocycles. The zero-order valence-corrected chi connectivity index (χ0v) is 17.0. The van der Waals surface area contributed by atoms with Crippen LogP contribution in [-0.4, -0.2) is 26.8 Å². The van der Waals surface area contributed by atoms with Gasteiger partial charge in [-0.2, -0.15) is 0 Å². The molecule has 0 saturated heterocycles. The number of nitrogens with zero attached hydrogens (tertiary/aromatic N) is 1. The van der Waals surface area contributed by atoms with Gasteiger partial charge in [0.15, 0.2) is 5.78 Å². The van der Waals surface area contributed by atoms with Crippen LogP contribution in [0.1, 0.15) is 30.4 Å². The van der Waals surface area contributed by atoms with E-state index in [9.17, 15) is 14.0 Å². The van der Waals surface area contributed by atoms with Crippen molar-refractivity contribution in [3.8, 4) is 0 Å². The van der Waals surface area contributed by atoms with Gasteiger partial charge in [0.1, 0.15) is 18.2 Å². The molecule has 1 aliphatic rings. The molecule has 0 unspecified atom stereocenters. The van der Waals surface area contributed by atoms with E-state index in [2.05, 4.69) is 10.0 Å². The van der Waals surface area contributed by atoms with Gasteiger partial charge in [0.25, 0.3) is 5.56 Å². The molecule has 0 atom stereocenters. The molecule has 6 nitrogen and oxygen atoms in total. The molecule has 28 heavy (non-hydrogen) atoms. The molecule has 8 heteroatoms. The molecule has 3 rings (SSSR count). The number of rotatable bonds is 8. The van der Waals surface area contributed by atoms with Gasteiger partial charge in [-0.3, -0.25) is 14.2 Å². The summed E-state index contributed by atoms with van der Waals surface area (Å²) in [5.41, 5.74) is 2.08. The molecular weight excluding hydrogens is 381 g/mol. The molecule has 2 aromatic rings. The molecule has 0 aliphatic heterocycles. The highest BCUT2D eigenvalue weighted by atomic mass is 32.2. The van der Waals surface area contributed by atoms with Crippen molar-refractivity contribution < 1.29 is 14.3 Å². The molecule has 1 fully saturated rings. The standard InChI is InChI=1S/C20H24FN3O3S/c1-12-4-5-16(15(21)8-12)22-18-17(9-13(2)19(27)24(18)3)23-28-20(6-7-20)10-14(26)11-25/h4-5,8-9,22-23,25H,6-7,10-11H2,1-3H3. The zero-order chi connectivity index (χ0) is 20.5. The molecule has 1 aliphatic carbocycles. The van der Waals surface area contributed by atoms with E-state index in [-0.39, 0.29) is 21.8 Å². The van der Waals surface area contributed by atoms with E-state index in [1.54, 1.807) is 39.1 Å². The molecule has 0 spiro atoms. The number of halogens is 1. The van der Waals surface area contributed by atoms with Crippen molar-refractivity contribution in [3.63, 3.8) is 0 Å². The summed E-state index contributed by atoms with van der Waals surface area (Å²) in [4.78, 5) is 24.0. The summed E-state index contributed by atoms with van der Waals surface area (Å²) in [6, 6.07) is 6.57. The number of aliphatic hydroxyl groups is 1. The highest BCUT2D eigenvalue weighted by Crippen LogP contribution is 2.51. The molecule has 1 heterocycles. The number of aliphatic hydroxyl groups excluding tert-OH is 1. The Morgan fingerprint density at radius 1 is 1.29 bits per heavy atom. The van der Waals surface area contributed by atoms with E-state index in [4.69, 9.17) is 5.11 Å². The number of anilines is 3. The fourth-order valence-electron chi connectivity index (χ4n) is 3.00. The van der Waals surface area contributed by atoms with Crippen molar-refractivity contribution in [2.45, 2.75) is 37.9 Å². The van der Waals surface area contributed by atoms with Crippen LogP contribution in [0.15, 0.2) is 29.1 Å². The lowest BCUT2D eigenvalue weighted by atomic mass is 10.2. The molecular formula is C20H24FN3O3S. The normalized spacial score (nSPS) is 14.6. The first-order valence-corrected chi connectivity index (χ1v) is 9.87. The lowest BCUT2D eigenvalue weighted by molar-refractivity contribution is -0.121. The predicted molar refractivity (Wildman–Crippen MR) is 111 cm³/mol. The summed E-state index contributed by atoms with van der Waals surface area (Å²) >= 11 is 1.41. The van der Waals surface area contributed by atoms with Gasteiger partial charge in [0.2, 0.25) is 0 Å². The Hall–Kier alpha value is -2.32. The average molecular weight is 405 g/mol. The van der Waals surface area contributed by atoms with E-state index in [1.807, 2.05) is 0 Å². The number of benzene rings is 1. The second-order valence-electron chi connectivity index (χ2n) is 7.32. The smallest absolute Gasteiger partial charge is 0.254 e. The van der Waals surface area contributed by atoms with E-state index in [0.717, 1.165) is 18.4 Å². The Labute approximate surface area is 167 Å². The Balaban J connectivity index is 1.88. The van der Waals surface area contributed by atoms with Gasteiger partial charge in [-0.05, 0) is 62.4 Å². The molecule has 0 bridgehead atoms. The highest BCUT2D eigenvalue weighted by Gasteiger charge is 2.45. The molecule has 1 aromatic carbocycles. The first-order valence-electron chi connectivity index (χ1n) is 9.05. The van der Waals surface area contributed by atoms with Crippen molar-refractivity contribution in [2.24, 2.45) is 7.05 Å². The fraction of sp³-hybridized carbons (Fsp3) is 0.400. The summed E-state index contributed by atoms with van der Waals surface area (Å²) in [7, 11) is 1.63. The van der Waals surface area contributed by atoms with Crippen LogP contribution in [0.25, 0.3) is 0 Å². The van der Waals surface area contributed by atoms with Crippen LogP contribution in [0.3, 0.4) is 0 Å². The Morgan fingerprint density at radius 3 is 2.61 bits per heavy atom. The number of Topliss-reactive ketones (excluding diaryl/α,β-unsaturated/α-hetero) is 1. The van der Waals surface area contributed by atoms with Crippen molar-refractivity contribution in [1.29, 1.82) is 0 Å². The van der Waals surface area contributed by atoms with Gasteiger partial charge in [-0.1, -0.05) is 6.07 Å². The topological polar surface area (TPSA) is 83.4 Å². The summed E-state index contributed by atoms with van der Waals surface area (Å²) in [5.74, 6) is -0.155. The van der Waals surface area contributed by atoms with Crippen molar-refractivity contribution in [3.05, 3.63) is 51.6 Å². The van der Waals surface area contributed by atoms with Crippen molar-refractivity contribution >= 4 is 34.9 Å². The SMILES string of the molecule is Cc1ccc(Nc2c(NSC3(CC(=O)CO)CC3)cc(C)c(=O)n2C)c(F)c1. The molecule has 0 amide bonds. The number of carbonyl (C=O) groups excluding carboxylic acids is 1. The second kappa shape index (κ2) is 7.97. The van der Waals surface area contributed by atoms with Crippen LogP contribution >= 0.6 is 11.9 Å². The number of hydrogen-bond donors (Lipinski definition) is 3. The van der Waals surface area contributed by atoms with E-state index < -0.39 is 12.4 Å². The zero-order valence-electron chi connectivity index (χ0n) is 16.1. The maximum atomic E-state index is 14.3. The average Bonchev–Trinajstić information content (AvgIpc) is 3.42. The second-order valence-corrected chi connectivity index (χ2v) is 8.60. The minimum absolute atomic E-state index is 0.179. The minimum atomic E-state index is -0.458. The maximum absolute atomic E-state index is 14.3. The maximum Gasteiger partial charge on any atom is 0.254 e. The van der Waals surface area contributed by atoms with E-state index in [1.165, 1.54) is 22.6 Å². The van der Waals surface area contributed by atoms with Crippen LogP contribution in [-0.2, 0) is 11.8 Å². The number of pyridine rings is 1. The molecule has 0 radical (unpaired) electrons. The summed E-state index contributed by atoms with van der Waals surface area (Å²) in [6.45, 7) is 3.07. The van der Waals surface area contributed by atoms with Gasteiger partial charge in [-0.25, -0.2) is 4.39 Å². The fourth-order valence-corrected chi connectivity index (χ4v) is 4.03. The Bertz CT molecular complexity index is 970. The quantitative estimate of drug-likeness (QED) is 0.584. The van der Waals surface area contributed by atoms with Crippen LogP contribution in [0, 0.1) is 19.7 Å². The first-order chi connectivity index (χ1) is 13.2. The van der Waals surface area contributed by atoms with Crippen LogP contribution in [0.4, 0.5) is 21.6 Å². The summed E-state index contributed by atoms with van der Waals surface area (Å²) < 4.78 is 18.8. The highest BCUT2D eigenvalue weighted by molar-refractivity contribution is 8.02. The lowest BCUT2D eigenvalue weighted by Crippen LogP contribution is -2.23. The number of hydrogen-bond acceptors (Lipinski definition) is 6. The monoisotopic (exact) mass is 405 g/mol. The van der Waals surface area contributed by atoms with Crippen LogP contribution in [0.5, 0.6) is 0 Å². The number of aryl methyl sites for hydroxylation is 2. The summed E-state index contributed by atoms with van der Waals surface area (Å²) in [6.07, 6.45) is 2.04. The lowest BCUT2D eigenvalue weighted by Gasteiger charge is -2.20. The number of aromatic nitrogens is 1. The van der Waals surface area contributed by atoms with E-state index >= 15 is 0 Å². The third-order valence-corrected chi connectivity index (χ3v) is 6.16. The third-order valence-electron chi connectivity index (χ3n) is 4.85. The van der Waals surface area contributed by atoms with Crippen molar-refractivity contribution in [2.75, 3.05) is 16.6 Å². The van der Waals surface area contributed by atoms with Crippen molar-refractivity contribution in [1.82, 2.24) is 4.57 Å². The molecule has 150 valence electrons. The number of ketones is 1. The largest absolute Gasteiger partial charge is 0.389 e. The van der Waals surface area contributed by atoms with Crippen LogP contribution in [0.2, 0.25) is 0 Å².